The lowest BCUT2D eigenvalue weighted by Gasteiger charge is -2.08. The number of hydrogen-bond acceptors (Lipinski definition) is 1. The third kappa shape index (κ3) is 2.07. The van der Waals surface area contributed by atoms with Gasteiger partial charge >= 0.3 is 0 Å². The summed E-state index contributed by atoms with van der Waals surface area (Å²) in [5.74, 6) is -0.123. The molecule has 0 heterocycles. The van der Waals surface area contributed by atoms with E-state index in [9.17, 15) is 4.39 Å². The van der Waals surface area contributed by atoms with Gasteiger partial charge in [0.2, 0.25) is 0 Å². The quantitative estimate of drug-likeness (QED) is 0.761. The molecule has 0 aliphatic rings. The molecule has 1 aromatic rings. The summed E-state index contributed by atoms with van der Waals surface area (Å²) in [4.78, 5) is 0. The monoisotopic (exact) mass is 181 g/mol. The maximum Gasteiger partial charge on any atom is 0.130 e. The van der Waals surface area contributed by atoms with Gasteiger partial charge in [0.15, 0.2) is 0 Å². The van der Waals surface area contributed by atoms with Gasteiger partial charge in [0.1, 0.15) is 5.82 Å². The molecule has 0 radical (unpaired) electrons. The maximum absolute atomic E-state index is 13.5. The van der Waals surface area contributed by atoms with Crippen LogP contribution in [0.3, 0.4) is 0 Å². The number of hydrogen-bond donors (Lipinski definition) is 1. The number of benzene rings is 1. The van der Waals surface area contributed by atoms with Gasteiger partial charge in [-0.05, 0) is 24.0 Å². The van der Waals surface area contributed by atoms with Crippen molar-refractivity contribution in [3.63, 3.8) is 0 Å². The molecule has 13 heavy (non-hydrogen) atoms. The van der Waals surface area contributed by atoms with Crippen LogP contribution in [0.4, 0.5) is 4.39 Å². The summed E-state index contributed by atoms with van der Waals surface area (Å²) in [6.07, 6.45) is 1.66. The van der Waals surface area contributed by atoms with Gasteiger partial charge in [-0.25, -0.2) is 4.39 Å². The van der Waals surface area contributed by atoms with Crippen molar-refractivity contribution < 1.29 is 4.39 Å². The van der Waals surface area contributed by atoms with Gasteiger partial charge < -0.3 is 5.73 Å². The fraction of sp³-hybridized carbons (Fsp3) is 0.455. The van der Waals surface area contributed by atoms with Crippen molar-refractivity contribution in [1.29, 1.82) is 0 Å². The molecule has 0 saturated heterocycles. The van der Waals surface area contributed by atoms with Gasteiger partial charge in [-0.2, -0.15) is 0 Å². The second kappa shape index (κ2) is 4.38. The molecule has 0 bridgehead atoms. The third-order valence-electron chi connectivity index (χ3n) is 2.29. The Morgan fingerprint density at radius 2 is 1.77 bits per heavy atom. The van der Waals surface area contributed by atoms with Crippen molar-refractivity contribution in [3.8, 4) is 0 Å². The molecular formula is C11H16FN. The largest absolute Gasteiger partial charge is 0.326 e. The van der Waals surface area contributed by atoms with E-state index in [4.69, 9.17) is 5.73 Å². The first-order valence-electron chi connectivity index (χ1n) is 4.73. The maximum atomic E-state index is 13.5. The molecule has 0 saturated carbocycles. The zero-order valence-corrected chi connectivity index (χ0v) is 8.23. The van der Waals surface area contributed by atoms with Crippen molar-refractivity contribution in [1.82, 2.24) is 0 Å². The first-order chi connectivity index (χ1) is 6.22. The minimum Gasteiger partial charge on any atom is -0.326 e. The molecule has 0 aromatic heterocycles. The van der Waals surface area contributed by atoms with Crippen molar-refractivity contribution in [2.24, 2.45) is 5.73 Å². The number of aryl methyl sites for hydroxylation is 2. The van der Waals surface area contributed by atoms with Crippen LogP contribution >= 0.6 is 0 Å². The molecule has 0 amide bonds. The van der Waals surface area contributed by atoms with Gasteiger partial charge in [0.25, 0.3) is 0 Å². The van der Waals surface area contributed by atoms with E-state index >= 15 is 0 Å². The smallest absolute Gasteiger partial charge is 0.130 e. The van der Waals surface area contributed by atoms with Crippen LogP contribution in [0.5, 0.6) is 0 Å². The van der Waals surface area contributed by atoms with Crippen LogP contribution in [0.25, 0.3) is 0 Å². The van der Waals surface area contributed by atoms with Crippen LogP contribution < -0.4 is 5.73 Å². The molecule has 1 nitrogen and oxygen atoms in total. The van der Waals surface area contributed by atoms with Crippen molar-refractivity contribution in [2.45, 2.75) is 33.2 Å². The van der Waals surface area contributed by atoms with Crippen LogP contribution in [0.2, 0.25) is 0 Å². The van der Waals surface area contributed by atoms with Gasteiger partial charge in [-0.3, -0.25) is 0 Å². The lowest BCUT2D eigenvalue weighted by molar-refractivity contribution is 0.594. The van der Waals surface area contributed by atoms with Crippen LogP contribution in [-0.2, 0) is 19.4 Å². The number of rotatable bonds is 3. The fourth-order valence-corrected chi connectivity index (χ4v) is 1.43. The summed E-state index contributed by atoms with van der Waals surface area (Å²) in [5, 5.41) is 0. The molecule has 1 aromatic carbocycles. The van der Waals surface area contributed by atoms with E-state index in [1.165, 1.54) is 5.56 Å². The average molecular weight is 181 g/mol. The zero-order valence-electron chi connectivity index (χ0n) is 8.23. The average Bonchev–Trinajstić information content (AvgIpc) is 2.18. The predicted molar refractivity (Wildman–Crippen MR) is 53.0 cm³/mol. The Kier molecular flexibility index (Phi) is 3.43. The van der Waals surface area contributed by atoms with Gasteiger partial charge in [-0.15, -0.1) is 0 Å². The molecule has 2 N–H and O–H groups in total. The topological polar surface area (TPSA) is 26.0 Å². The SMILES string of the molecule is CCc1cc(CC)c(F)c(CN)c1. The highest BCUT2D eigenvalue weighted by Gasteiger charge is 2.07. The van der Waals surface area contributed by atoms with Crippen LogP contribution in [-0.4, -0.2) is 0 Å². The molecule has 1 rings (SSSR count). The molecule has 0 spiro atoms. The molecule has 2 heteroatoms. The Hall–Kier alpha value is -0.890. The van der Waals surface area contributed by atoms with Crippen LogP contribution in [0, 0.1) is 5.82 Å². The molecule has 0 aliphatic heterocycles. The fourth-order valence-electron chi connectivity index (χ4n) is 1.43. The van der Waals surface area contributed by atoms with Gasteiger partial charge in [0, 0.05) is 12.1 Å². The van der Waals surface area contributed by atoms with Crippen molar-refractivity contribution in [2.75, 3.05) is 0 Å². The normalized spacial score (nSPS) is 10.5. The van der Waals surface area contributed by atoms with E-state index in [0.717, 1.165) is 18.4 Å². The standard InChI is InChI=1S/C11H16FN/c1-3-8-5-9(4-2)11(12)10(6-8)7-13/h5-6H,3-4,7,13H2,1-2H3. The predicted octanol–water partition coefficient (Wildman–Crippen LogP) is 2.41. The minimum atomic E-state index is -0.123. The van der Waals surface area contributed by atoms with E-state index in [0.29, 0.717) is 5.56 Å². The molecule has 0 unspecified atom stereocenters. The summed E-state index contributed by atoms with van der Waals surface area (Å²) in [5.41, 5.74) is 8.04. The van der Waals surface area contributed by atoms with E-state index in [1.54, 1.807) is 0 Å². The molecule has 0 fully saturated rings. The van der Waals surface area contributed by atoms with Crippen LogP contribution in [0.1, 0.15) is 30.5 Å². The zero-order chi connectivity index (χ0) is 9.84. The van der Waals surface area contributed by atoms with E-state index < -0.39 is 0 Å². The summed E-state index contributed by atoms with van der Waals surface area (Å²) >= 11 is 0. The first kappa shape index (κ1) is 10.2. The Morgan fingerprint density at radius 3 is 2.23 bits per heavy atom. The third-order valence-corrected chi connectivity index (χ3v) is 2.29. The van der Waals surface area contributed by atoms with Crippen molar-refractivity contribution >= 4 is 0 Å². The Balaban J connectivity index is 3.20. The summed E-state index contributed by atoms with van der Waals surface area (Å²) < 4.78 is 13.5. The highest BCUT2D eigenvalue weighted by atomic mass is 19.1. The Bertz CT molecular complexity index is 269. The molecule has 72 valence electrons. The minimum absolute atomic E-state index is 0.123. The van der Waals surface area contributed by atoms with E-state index in [1.807, 2.05) is 19.1 Å². The summed E-state index contributed by atoms with van der Waals surface area (Å²) in [6, 6.07) is 3.78. The molecule has 0 aliphatic carbocycles. The number of halogens is 1. The second-order valence-corrected chi connectivity index (χ2v) is 3.14. The van der Waals surface area contributed by atoms with Gasteiger partial charge in [-0.1, -0.05) is 26.0 Å². The summed E-state index contributed by atoms with van der Waals surface area (Å²) in [6.45, 7) is 4.30. The van der Waals surface area contributed by atoms with Crippen LogP contribution in [0.15, 0.2) is 12.1 Å². The highest BCUT2D eigenvalue weighted by Crippen LogP contribution is 2.17. The number of nitrogens with two attached hydrogens (primary N) is 1. The first-order valence-corrected chi connectivity index (χ1v) is 4.73. The van der Waals surface area contributed by atoms with E-state index in [2.05, 4.69) is 6.92 Å². The lowest BCUT2D eigenvalue weighted by atomic mass is 10.0. The second-order valence-electron chi connectivity index (χ2n) is 3.14. The Labute approximate surface area is 78.8 Å². The summed E-state index contributed by atoms with van der Waals surface area (Å²) in [7, 11) is 0. The molecule has 0 atom stereocenters. The molecular weight excluding hydrogens is 165 g/mol. The lowest BCUT2D eigenvalue weighted by Crippen LogP contribution is -2.04. The van der Waals surface area contributed by atoms with Gasteiger partial charge in [0.05, 0.1) is 0 Å². The Morgan fingerprint density at radius 1 is 1.15 bits per heavy atom. The highest BCUT2D eigenvalue weighted by molar-refractivity contribution is 5.32. The van der Waals surface area contributed by atoms with Crippen molar-refractivity contribution in [3.05, 3.63) is 34.6 Å². The van der Waals surface area contributed by atoms with E-state index in [-0.39, 0.29) is 12.4 Å².